The molecule has 10 heteroatoms. The highest BCUT2D eigenvalue weighted by atomic mass is 32.2. The van der Waals surface area contributed by atoms with Crippen molar-refractivity contribution in [3.8, 4) is 0 Å². The molecule has 1 aromatic carbocycles. The van der Waals surface area contributed by atoms with Gasteiger partial charge in [-0.1, -0.05) is 0 Å². The van der Waals surface area contributed by atoms with Gasteiger partial charge in [0, 0.05) is 6.26 Å². The second-order valence-electron chi connectivity index (χ2n) is 4.09. The lowest BCUT2D eigenvalue weighted by Crippen LogP contribution is -2.36. The number of amides is 1. The molecule has 1 aliphatic rings. The Morgan fingerprint density at radius 1 is 1.15 bits per heavy atom. The number of ether oxygens (including phenoxy) is 1. The molecule has 2 rings (SSSR count). The summed E-state index contributed by atoms with van der Waals surface area (Å²) in [6, 6.07) is 5.15. The number of carbonyl (C=O) groups is 1. The lowest BCUT2D eigenvalue weighted by atomic mass is 10.3. The molecule has 8 nitrogen and oxygen atoms in total. The first-order valence-corrected chi connectivity index (χ1v) is 8.81. The molecule has 0 radical (unpaired) electrons. The van der Waals surface area contributed by atoms with Gasteiger partial charge in [0.15, 0.2) is 9.84 Å². The number of nitrogens with one attached hydrogen (secondary N) is 1. The molecule has 0 saturated carbocycles. The van der Waals surface area contributed by atoms with Crippen LogP contribution in [0.4, 0.5) is 10.5 Å². The summed E-state index contributed by atoms with van der Waals surface area (Å²) in [5.74, 6) is 0. The summed E-state index contributed by atoms with van der Waals surface area (Å²) < 4.78 is 53.6. The van der Waals surface area contributed by atoms with E-state index in [1.54, 1.807) is 0 Å². The molecule has 0 aromatic heterocycles. The molecule has 0 spiro atoms. The second-order valence-corrected chi connectivity index (χ2v) is 7.70. The van der Waals surface area contributed by atoms with Crippen LogP contribution < -0.4 is 4.72 Å². The molecule has 1 amide bonds. The van der Waals surface area contributed by atoms with Crippen LogP contribution in [-0.4, -0.2) is 46.6 Å². The van der Waals surface area contributed by atoms with Gasteiger partial charge in [-0.25, -0.2) is 13.2 Å². The molecular weight excluding hydrogens is 308 g/mol. The fourth-order valence-electron chi connectivity index (χ4n) is 1.57. The Labute approximate surface area is 116 Å². The maximum absolute atomic E-state index is 11.9. The van der Waals surface area contributed by atoms with Gasteiger partial charge in [0.25, 0.3) is 0 Å². The van der Waals surface area contributed by atoms with Gasteiger partial charge in [-0.2, -0.15) is 12.7 Å². The number of hydrogen-bond acceptors (Lipinski definition) is 6. The van der Waals surface area contributed by atoms with Crippen molar-refractivity contribution in [2.24, 2.45) is 0 Å². The fraction of sp³-hybridized carbons (Fsp3) is 0.300. The molecule has 20 heavy (non-hydrogen) atoms. The minimum absolute atomic E-state index is 0.00671. The van der Waals surface area contributed by atoms with E-state index in [9.17, 15) is 21.6 Å². The Morgan fingerprint density at radius 3 is 2.20 bits per heavy atom. The topological polar surface area (TPSA) is 110 Å². The van der Waals surface area contributed by atoms with Crippen LogP contribution in [0.25, 0.3) is 0 Å². The van der Waals surface area contributed by atoms with E-state index in [-0.39, 0.29) is 23.7 Å². The second kappa shape index (κ2) is 4.94. The van der Waals surface area contributed by atoms with Crippen LogP contribution in [0.3, 0.4) is 0 Å². The molecular formula is C10H12N2O6S2. The van der Waals surface area contributed by atoms with E-state index in [0.29, 0.717) is 4.31 Å². The van der Waals surface area contributed by atoms with Crippen molar-refractivity contribution in [3.05, 3.63) is 24.3 Å². The van der Waals surface area contributed by atoms with Crippen molar-refractivity contribution in [3.63, 3.8) is 0 Å². The number of benzene rings is 1. The molecule has 1 N–H and O–H groups in total. The van der Waals surface area contributed by atoms with Gasteiger partial charge in [-0.05, 0) is 24.3 Å². The normalized spacial score (nSPS) is 16.1. The number of hydrogen-bond donors (Lipinski definition) is 1. The van der Waals surface area contributed by atoms with Crippen LogP contribution >= 0.6 is 0 Å². The monoisotopic (exact) mass is 320 g/mol. The number of sulfone groups is 1. The van der Waals surface area contributed by atoms with Crippen molar-refractivity contribution >= 4 is 31.8 Å². The zero-order chi connectivity index (χ0) is 15.0. The molecule has 110 valence electrons. The summed E-state index contributed by atoms with van der Waals surface area (Å²) >= 11 is 0. The zero-order valence-corrected chi connectivity index (χ0v) is 12.1. The van der Waals surface area contributed by atoms with Gasteiger partial charge in [-0.3, -0.25) is 4.72 Å². The third-order valence-corrected chi connectivity index (χ3v) is 5.08. The molecule has 1 aromatic rings. The molecule has 1 heterocycles. The zero-order valence-electron chi connectivity index (χ0n) is 10.4. The Morgan fingerprint density at radius 2 is 1.75 bits per heavy atom. The van der Waals surface area contributed by atoms with E-state index in [0.717, 1.165) is 6.26 Å². The summed E-state index contributed by atoms with van der Waals surface area (Å²) in [5.41, 5.74) is 0.150. The minimum Gasteiger partial charge on any atom is -0.447 e. The number of nitrogens with zero attached hydrogens (tertiary/aromatic N) is 1. The molecule has 0 atom stereocenters. The summed E-state index contributed by atoms with van der Waals surface area (Å²) in [5, 5.41) is 0. The van der Waals surface area contributed by atoms with Gasteiger partial charge in [0.1, 0.15) is 6.61 Å². The van der Waals surface area contributed by atoms with Crippen molar-refractivity contribution in [2.45, 2.75) is 4.90 Å². The van der Waals surface area contributed by atoms with E-state index in [4.69, 9.17) is 0 Å². The van der Waals surface area contributed by atoms with Crippen LogP contribution in [0.15, 0.2) is 29.2 Å². The quantitative estimate of drug-likeness (QED) is 0.848. The standard InChI is InChI=1S/C10H12N2O6S2/c1-19(14,15)9-4-2-8(3-5-9)11-20(16,17)12-6-7-18-10(12)13/h2-5,11H,6-7H2,1H3. The first kappa shape index (κ1) is 14.6. The Hall–Kier alpha value is -1.81. The summed E-state index contributed by atoms with van der Waals surface area (Å²) in [4.78, 5) is 11.3. The van der Waals surface area contributed by atoms with Crippen molar-refractivity contribution in [1.29, 1.82) is 0 Å². The van der Waals surface area contributed by atoms with E-state index in [2.05, 4.69) is 9.46 Å². The van der Waals surface area contributed by atoms with E-state index >= 15 is 0 Å². The Kier molecular flexibility index (Phi) is 3.61. The maximum Gasteiger partial charge on any atom is 0.425 e. The van der Waals surface area contributed by atoms with E-state index in [1.807, 2.05) is 0 Å². The van der Waals surface area contributed by atoms with Crippen LogP contribution in [0.2, 0.25) is 0 Å². The van der Waals surface area contributed by atoms with E-state index < -0.39 is 26.1 Å². The lowest BCUT2D eigenvalue weighted by molar-refractivity contribution is 0.170. The maximum atomic E-state index is 11.9. The van der Waals surface area contributed by atoms with Crippen LogP contribution in [-0.2, 0) is 24.8 Å². The number of anilines is 1. The SMILES string of the molecule is CS(=O)(=O)c1ccc(NS(=O)(=O)N2CCOC2=O)cc1. The van der Waals surface area contributed by atoms with Gasteiger partial charge >= 0.3 is 16.3 Å². The molecule has 0 aliphatic carbocycles. The number of cyclic esters (lactones) is 1. The molecule has 0 bridgehead atoms. The molecule has 1 fully saturated rings. The van der Waals surface area contributed by atoms with Crippen LogP contribution in [0, 0.1) is 0 Å². The molecule has 1 aliphatic heterocycles. The van der Waals surface area contributed by atoms with Gasteiger partial charge in [0.2, 0.25) is 0 Å². The summed E-state index contributed by atoms with van der Waals surface area (Å²) in [7, 11) is -7.40. The number of rotatable bonds is 4. The van der Waals surface area contributed by atoms with Crippen molar-refractivity contribution in [2.75, 3.05) is 24.1 Å². The first-order valence-electron chi connectivity index (χ1n) is 5.47. The third-order valence-electron chi connectivity index (χ3n) is 2.54. The van der Waals surface area contributed by atoms with Gasteiger partial charge < -0.3 is 4.74 Å². The highest BCUT2D eigenvalue weighted by molar-refractivity contribution is 7.91. The third kappa shape index (κ3) is 3.02. The average Bonchev–Trinajstić information content (AvgIpc) is 2.75. The predicted octanol–water partition coefficient (Wildman–Crippen LogP) is 0.199. The lowest BCUT2D eigenvalue weighted by Gasteiger charge is -2.15. The van der Waals surface area contributed by atoms with Crippen molar-refractivity contribution in [1.82, 2.24) is 4.31 Å². The number of carbonyl (C=O) groups excluding carboxylic acids is 1. The minimum atomic E-state index is -4.05. The highest BCUT2D eigenvalue weighted by Crippen LogP contribution is 2.17. The Balaban J connectivity index is 2.20. The van der Waals surface area contributed by atoms with Gasteiger partial charge in [-0.15, -0.1) is 0 Å². The molecule has 0 unspecified atom stereocenters. The highest BCUT2D eigenvalue weighted by Gasteiger charge is 2.33. The smallest absolute Gasteiger partial charge is 0.425 e. The fourth-order valence-corrected chi connectivity index (χ4v) is 3.31. The van der Waals surface area contributed by atoms with Crippen LogP contribution in [0.1, 0.15) is 0 Å². The van der Waals surface area contributed by atoms with Gasteiger partial charge in [0.05, 0.1) is 17.1 Å². The van der Waals surface area contributed by atoms with Crippen molar-refractivity contribution < 1.29 is 26.4 Å². The average molecular weight is 320 g/mol. The Bertz CT molecular complexity index is 724. The largest absolute Gasteiger partial charge is 0.447 e. The first-order chi connectivity index (χ1) is 9.20. The van der Waals surface area contributed by atoms with Crippen LogP contribution in [0.5, 0.6) is 0 Å². The predicted molar refractivity (Wildman–Crippen MR) is 70.1 cm³/mol. The summed E-state index contributed by atoms with van der Waals surface area (Å²) in [6.07, 6.45) is 0.108. The summed E-state index contributed by atoms with van der Waals surface area (Å²) in [6.45, 7) is -0.0532. The van der Waals surface area contributed by atoms with E-state index in [1.165, 1.54) is 24.3 Å². The molecule has 1 saturated heterocycles.